The van der Waals surface area contributed by atoms with Crippen molar-refractivity contribution in [2.75, 3.05) is 0 Å². The molecule has 0 amide bonds. The van der Waals surface area contributed by atoms with Gasteiger partial charge in [-0.05, 0) is 70.6 Å². The lowest BCUT2D eigenvalue weighted by atomic mass is 9.62. The molecule has 0 radical (unpaired) electrons. The van der Waals surface area contributed by atoms with E-state index < -0.39 is 5.97 Å². The Morgan fingerprint density at radius 2 is 1.69 bits per heavy atom. The topological polar surface area (TPSA) is 37.3 Å². The molecule has 2 heteroatoms. The van der Waals surface area contributed by atoms with Crippen molar-refractivity contribution in [3.05, 3.63) is 58.7 Å². The molecule has 1 fully saturated rings. The summed E-state index contributed by atoms with van der Waals surface area (Å²) in [7, 11) is 0. The molecule has 1 saturated carbocycles. The molecule has 26 heavy (non-hydrogen) atoms. The van der Waals surface area contributed by atoms with Crippen LogP contribution in [-0.4, -0.2) is 11.1 Å². The summed E-state index contributed by atoms with van der Waals surface area (Å²) in [5.41, 5.74) is 5.91. The van der Waals surface area contributed by atoms with E-state index in [9.17, 15) is 4.79 Å². The number of carboxylic acid groups (broad SMARTS) is 1. The summed E-state index contributed by atoms with van der Waals surface area (Å²) >= 11 is 0. The standard InChI is InChI=1S/C24H32O2/c1-16(13-21(25)26)7-8-18-15-24(18,6)17-9-10-19-20(14-17)23(4,5)12-11-22(19,2)3/h7-10,13-14,18H,11-12,15H2,1-6H3,(H,25,26)/b8-7+,16-13+/t18?,24-/m1/s1. The number of carboxylic acids is 1. The summed E-state index contributed by atoms with van der Waals surface area (Å²) in [6.45, 7) is 13.6. The zero-order valence-corrected chi connectivity index (χ0v) is 17.0. The molecular formula is C24H32O2. The minimum absolute atomic E-state index is 0.173. The molecule has 1 aromatic rings. The molecule has 2 aliphatic carbocycles. The monoisotopic (exact) mass is 352 g/mol. The first kappa shape index (κ1) is 18.9. The molecule has 0 spiro atoms. The van der Waals surface area contributed by atoms with Gasteiger partial charge in [-0.1, -0.05) is 65.0 Å². The lowest BCUT2D eigenvalue weighted by molar-refractivity contribution is -0.131. The van der Waals surface area contributed by atoms with Crippen LogP contribution in [0.5, 0.6) is 0 Å². The van der Waals surface area contributed by atoms with Gasteiger partial charge in [-0.25, -0.2) is 4.79 Å². The van der Waals surface area contributed by atoms with Crippen LogP contribution >= 0.6 is 0 Å². The molecule has 2 nitrogen and oxygen atoms in total. The molecule has 1 N–H and O–H groups in total. The number of rotatable bonds is 4. The van der Waals surface area contributed by atoms with Crippen LogP contribution in [0.4, 0.5) is 0 Å². The first-order chi connectivity index (χ1) is 12.0. The quantitative estimate of drug-likeness (QED) is 0.541. The average Bonchev–Trinajstić information content (AvgIpc) is 3.21. The number of benzene rings is 1. The lowest BCUT2D eigenvalue weighted by Gasteiger charge is -2.42. The highest BCUT2D eigenvalue weighted by Gasteiger charge is 2.50. The van der Waals surface area contributed by atoms with Crippen LogP contribution in [0.3, 0.4) is 0 Å². The fourth-order valence-electron chi connectivity index (χ4n) is 4.46. The summed E-state index contributed by atoms with van der Waals surface area (Å²) in [6, 6.07) is 7.16. The van der Waals surface area contributed by atoms with Gasteiger partial charge in [0.15, 0.2) is 0 Å². The Morgan fingerprint density at radius 3 is 2.31 bits per heavy atom. The van der Waals surface area contributed by atoms with Crippen LogP contribution in [-0.2, 0) is 21.0 Å². The zero-order valence-electron chi connectivity index (χ0n) is 17.0. The second-order valence-electron chi connectivity index (χ2n) is 9.84. The third kappa shape index (κ3) is 3.39. The molecule has 0 bridgehead atoms. The van der Waals surface area contributed by atoms with E-state index in [2.05, 4.69) is 58.9 Å². The van der Waals surface area contributed by atoms with Gasteiger partial charge in [0.2, 0.25) is 0 Å². The minimum Gasteiger partial charge on any atom is -0.478 e. The number of allylic oxidation sites excluding steroid dienone is 3. The molecule has 1 aromatic carbocycles. The van der Waals surface area contributed by atoms with Crippen molar-refractivity contribution in [2.45, 2.75) is 77.0 Å². The Kier molecular flexibility index (Phi) is 4.45. The van der Waals surface area contributed by atoms with E-state index in [-0.39, 0.29) is 16.2 Å². The zero-order chi connectivity index (χ0) is 19.3. The third-order valence-electron chi connectivity index (χ3n) is 6.76. The van der Waals surface area contributed by atoms with Crippen LogP contribution in [0, 0.1) is 5.92 Å². The lowest BCUT2D eigenvalue weighted by Crippen LogP contribution is -2.34. The Hall–Kier alpha value is -1.83. The first-order valence-corrected chi connectivity index (χ1v) is 9.71. The van der Waals surface area contributed by atoms with Gasteiger partial charge in [-0.15, -0.1) is 0 Å². The van der Waals surface area contributed by atoms with Gasteiger partial charge in [0, 0.05) is 6.08 Å². The second-order valence-corrected chi connectivity index (χ2v) is 9.84. The largest absolute Gasteiger partial charge is 0.478 e. The van der Waals surface area contributed by atoms with Crippen molar-refractivity contribution in [1.29, 1.82) is 0 Å². The Labute approximate surface area is 158 Å². The van der Waals surface area contributed by atoms with E-state index in [4.69, 9.17) is 5.11 Å². The predicted octanol–water partition coefficient (Wildman–Crippen LogP) is 5.90. The minimum atomic E-state index is -0.884. The maximum atomic E-state index is 10.8. The van der Waals surface area contributed by atoms with Crippen molar-refractivity contribution >= 4 is 5.97 Å². The normalized spacial score (nSPS) is 29.5. The Morgan fingerprint density at radius 1 is 1.08 bits per heavy atom. The Bertz CT molecular complexity index is 794. The molecule has 1 unspecified atom stereocenters. The Balaban J connectivity index is 1.88. The molecule has 140 valence electrons. The van der Waals surface area contributed by atoms with Gasteiger partial charge < -0.3 is 5.11 Å². The number of aliphatic carboxylic acids is 1. The van der Waals surface area contributed by atoms with Crippen LogP contribution < -0.4 is 0 Å². The average molecular weight is 353 g/mol. The van der Waals surface area contributed by atoms with E-state index in [1.54, 1.807) is 0 Å². The van der Waals surface area contributed by atoms with E-state index in [1.165, 1.54) is 35.6 Å². The van der Waals surface area contributed by atoms with Crippen molar-refractivity contribution in [3.63, 3.8) is 0 Å². The fourth-order valence-corrected chi connectivity index (χ4v) is 4.46. The summed E-state index contributed by atoms with van der Waals surface area (Å²) < 4.78 is 0. The number of fused-ring (bicyclic) bond motifs is 1. The summed E-state index contributed by atoms with van der Waals surface area (Å²) in [6.07, 6.45) is 9.00. The maximum Gasteiger partial charge on any atom is 0.328 e. The number of hydrogen-bond acceptors (Lipinski definition) is 1. The van der Waals surface area contributed by atoms with Crippen LogP contribution in [0.25, 0.3) is 0 Å². The van der Waals surface area contributed by atoms with Crippen LogP contribution in [0.1, 0.15) is 77.5 Å². The van der Waals surface area contributed by atoms with Crippen molar-refractivity contribution in [3.8, 4) is 0 Å². The van der Waals surface area contributed by atoms with E-state index in [0.717, 1.165) is 12.0 Å². The van der Waals surface area contributed by atoms with Crippen molar-refractivity contribution < 1.29 is 9.90 Å². The highest BCUT2D eigenvalue weighted by Crippen LogP contribution is 2.56. The number of hydrogen-bond donors (Lipinski definition) is 1. The third-order valence-corrected chi connectivity index (χ3v) is 6.76. The van der Waals surface area contributed by atoms with Gasteiger partial charge in [0.1, 0.15) is 0 Å². The van der Waals surface area contributed by atoms with Crippen molar-refractivity contribution in [2.24, 2.45) is 5.92 Å². The molecular weight excluding hydrogens is 320 g/mol. The second kappa shape index (κ2) is 6.11. The highest BCUT2D eigenvalue weighted by molar-refractivity contribution is 5.81. The van der Waals surface area contributed by atoms with E-state index >= 15 is 0 Å². The fraction of sp³-hybridized carbons (Fsp3) is 0.542. The summed E-state index contributed by atoms with van der Waals surface area (Å²) in [5, 5.41) is 8.84. The van der Waals surface area contributed by atoms with E-state index in [0.29, 0.717) is 5.92 Å². The van der Waals surface area contributed by atoms with Crippen LogP contribution in [0.15, 0.2) is 42.0 Å². The van der Waals surface area contributed by atoms with Gasteiger partial charge in [0.25, 0.3) is 0 Å². The van der Waals surface area contributed by atoms with Gasteiger partial charge >= 0.3 is 5.97 Å². The predicted molar refractivity (Wildman–Crippen MR) is 108 cm³/mol. The smallest absolute Gasteiger partial charge is 0.328 e. The number of carbonyl (C=O) groups is 1. The molecule has 0 heterocycles. The molecule has 0 saturated heterocycles. The molecule has 2 aliphatic rings. The first-order valence-electron chi connectivity index (χ1n) is 9.71. The van der Waals surface area contributed by atoms with E-state index in [1.807, 2.05) is 13.0 Å². The summed E-state index contributed by atoms with van der Waals surface area (Å²) in [4.78, 5) is 10.8. The van der Waals surface area contributed by atoms with Crippen molar-refractivity contribution in [1.82, 2.24) is 0 Å². The van der Waals surface area contributed by atoms with Gasteiger partial charge in [0.05, 0.1) is 0 Å². The molecule has 0 aromatic heterocycles. The molecule has 2 atom stereocenters. The van der Waals surface area contributed by atoms with Gasteiger partial charge in [-0.3, -0.25) is 0 Å². The highest BCUT2D eigenvalue weighted by atomic mass is 16.4. The maximum absolute atomic E-state index is 10.8. The summed E-state index contributed by atoms with van der Waals surface area (Å²) in [5.74, 6) is -0.400. The van der Waals surface area contributed by atoms with Gasteiger partial charge in [-0.2, -0.15) is 0 Å². The molecule has 3 rings (SSSR count). The molecule has 0 aliphatic heterocycles. The SMILES string of the molecule is CC(/C=C/C1C[C@]1(C)c1ccc2c(c1)C(C)(C)CCC2(C)C)=C\C(=O)O. The van der Waals surface area contributed by atoms with Crippen LogP contribution in [0.2, 0.25) is 0 Å².